The van der Waals surface area contributed by atoms with Crippen LogP contribution in [0, 0.1) is 5.92 Å². The second-order valence-electron chi connectivity index (χ2n) is 7.04. The SMILES string of the molecule is COc1cc(CC2=CNC(N)N=C2N)cc(OCCCC(CCC(=O)O)C(=O)O)c1Br. The van der Waals surface area contributed by atoms with Crippen LogP contribution in [0.5, 0.6) is 11.5 Å². The number of aliphatic carboxylic acids is 2. The minimum Gasteiger partial charge on any atom is -0.495 e. The van der Waals surface area contributed by atoms with E-state index in [0.717, 1.165) is 11.1 Å². The summed E-state index contributed by atoms with van der Waals surface area (Å²) >= 11 is 3.46. The van der Waals surface area contributed by atoms with Crippen molar-refractivity contribution in [2.45, 2.75) is 38.4 Å². The van der Waals surface area contributed by atoms with Crippen molar-refractivity contribution in [3.63, 3.8) is 0 Å². The van der Waals surface area contributed by atoms with E-state index < -0.39 is 24.1 Å². The van der Waals surface area contributed by atoms with Gasteiger partial charge in [0.1, 0.15) is 21.8 Å². The highest BCUT2D eigenvalue weighted by Crippen LogP contribution is 2.36. The van der Waals surface area contributed by atoms with Crippen LogP contribution in [0.25, 0.3) is 0 Å². The highest BCUT2D eigenvalue weighted by atomic mass is 79.9. The van der Waals surface area contributed by atoms with E-state index in [0.29, 0.717) is 41.1 Å². The topological polar surface area (TPSA) is 169 Å². The van der Waals surface area contributed by atoms with Gasteiger partial charge in [0.05, 0.1) is 19.6 Å². The second kappa shape index (κ2) is 11.6. The summed E-state index contributed by atoms with van der Waals surface area (Å²) in [5, 5.41) is 20.9. The van der Waals surface area contributed by atoms with Crippen LogP contribution in [0.3, 0.4) is 0 Å². The molecule has 31 heavy (non-hydrogen) atoms. The summed E-state index contributed by atoms with van der Waals surface area (Å²) in [6, 6.07) is 3.69. The molecular formula is C20H27BrN4O6. The standard InChI is InChI=1S/C20H27BrN4O6/c1-30-14-8-11(7-13-10-24-20(23)25-18(13)22)9-15(17(14)21)31-6-2-3-12(19(28)29)4-5-16(26)27/h8-10,12,20,24H,2-7,23H2,1H3,(H2,22,25)(H,26,27)(H,28,29). The van der Waals surface area contributed by atoms with Gasteiger partial charge in [0.2, 0.25) is 0 Å². The summed E-state index contributed by atoms with van der Waals surface area (Å²) in [5.74, 6) is -1.25. The maximum Gasteiger partial charge on any atom is 0.306 e. The lowest BCUT2D eigenvalue weighted by molar-refractivity contribution is -0.143. The number of aliphatic imine (C=N–C) groups is 1. The number of nitrogens with two attached hydrogens (primary N) is 2. The third kappa shape index (κ3) is 7.44. The van der Waals surface area contributed by atoms with Gasteiger partial charge < -0.3 is 30.7 Å². The zero-order valence-corrected chi connectivity index (χ0v) is 18.7. The normalized spacial score (nSPS) is 16.5. The van der Waals surface area contributed by atoms with E-state index in [4.69, 9.17) is 26.0 Å². The number of methoxy groups -OCH3 is 1. The summed E-state index contributed by atoms with van der Waals surface area (Å²) in [6.07, 6.45) is 2.34. The van der Waals surface area contributed by atoms with Crippen molar-refractivity contribution in [2.75, 3.05) is 13.7 Å². The van der Waals surface area contributed by atoms with Gasteiger partial charge in [-0.1, -0.05) is 0 Å². The molecule has 2 rings (SSSR count). The molecule has 0 saturated heterocycles. The lowest BCUT2D eigenvalue weighted by Gasteiger charge is -2.19. The molecule has 7 N–H and O–H groups in total. The molecule has 0 aromatic heterocycles. The first-order valence-corrected chi connectivity index (χ1v) is 10.5. The molecule has 0 spiro atoms. The predicted molar refractivity (Wildman–Crippen MR) is 118 cm³/mol. The molecule has 1 aromatic rings. The average Bonchev–Trinajstić information content (AvgIpc) is 2.70. The molecule has 0 bridgehead atoms. The molecule has 0 amide bonds. The first-order chi connectivity index (χ1) is 14.7. The van der Waals surface area contributed by atoms with Crippen molar-refractivity contribution < 1.29 is 29.3 Å². The highest BCUT2D eigenvalue weighted by molar-refractivity contribution is 9.10. The molecule has 170 valence electrons. The van der Waals surface area contributed by atoms with Gasteiger partial charge in [-0.25, -0.2) is 4.99 Å². The van der Waals surface area contributed by atoms with Crippen molar-refractivity contribution >= 4 is 33.7 Å². The molecule has 11 heteroatoms. The third-order valence-corrected chi connectivity index (χ3v) is 5.51. The summed E-state index contributed by atoms with van der Waals surface area (Å²) in [4.78, 5) is 26.1. The Morgan fingerprint density at radius 1 is 1.29 bits per heavy atom. The van der Waals surface area contributed by atoms with Crippen LogP contribution in [0.1, 0.15) is 31.2 Å². The van der Waals surface area contributed by atoms with Crippen molar-refractivity contribution in [3.05, 3.63) is 33.9 Å². The number of nitrogens with zero attached hydrogens (tertiary/aromatic N) is 1. The lowest BCUT2D eigenvalue weighted by atomic mass is 9.98. The molecule has 0 radical (unpaired) electrons. The number of carbonyl (C=O) groups is 2. The number of nitrogens with one attached hydrogen (secondary N) is 1. The number of hydrogen-bond donors (Lipinski definition) is 5. The smallest absolute Gasteiger partial charge is 0.306 e. The Bertz CT molecular complexity index is 873. The van der Waals surface area contributed by atoms with E-state index in [1.807, 2.05) is 12.1 Å². The summed E-state index contributed by atoms with van der Waals surface area (Å²) in [5.41, 5.74) is 13.3. The Kier molecular flexibility index (Phi) is 9.13. The zero-order valence-electron chi connectivity index (χ0n) is 17.1. The van der Waals surface area contributed by atoms with E-state index in [9.17, 15) is 14.7 Å². The minimum atomic E-state index is -1.01. The fourth-order valence-electron chi connectivity index (χ4n) is 3.07. The number of ether oxygens (including phenoxy) is 2. The van der Waals surface area contributed by atoms with Gasteiger partial charge in [-0.05, 0) is 52.9 Å². The molecule has 1 heterocycles. The predicted octanol–water partition coefficient (Wildman–Crippen LogP) is 1.81. The molecule has 2 unspecified atom stereocenters. The van der Waals surface area contributed by atoms with Crippen molar-refractivity contribution in [3.8, 4) is 11.5 Å². The van der Waals surface area contributed by atoms with Gasteiger partial charge >= 0.3 is 11.9 Å². The summed E-state index contributed by atoms with van der Waals surface area (Å²) in [7, 11) is 1.55. The van der Waals surface area contributed by atoms with E-state index in [-0.39, 0.29) is 19.4 Å². The van der Waals surface area contributed by atoms with Crippen molar-refractivity contribution in [2.24, 2.45) is 22.4 Å². The number of carboxylic acids is 2. The maximum atomic E-state index is 11.3. The highest BCUT2D eigenvalue weighted by Gasteiger charge is 2.19. The summed E-state index contributed by atoms with van der Waals surface area (Å²) in [6.45, 7) is 0.269. The Hall–Kier alpha value is -2.79. The van der Waals surface area contributed by atoms with E-state index in [2.05, 4.69) is 26.2 Å². The molecule has 0 fully saturated rings. The van der Waals surface area contributed by atoms with Crippen LogP contribution in [0.15, 0.2) is 33.4 Å². The minimum absolute atomic E-state index is 0.0907. The monoisotopic (exact) mass is 498 g/mol. The van der Waals surface area contributed by atoms with Crippen LogP contribution < -0.4 is 26.3 Å². The fraction of sp³-hybridized carbons (Fsp3) is 0.450. The Balaban J connectivity index is 2.02. The van der Waals surface area contributed by atoms with Gasteiger partial charge in [-0.3, -0.25) is 15.3 Å². The largest absolute Gasteiger partial charge is 0.495 e. The van der Waals surface area contributed by atoms with Gasteiger partial charge in [-0.15, -0.1) is 0 Å². The number of rotatable bonds is 12. The Morgan fingerprint density at radius 2 is 2.00 bits per heavy atom. The number of amidine groups is 1. The quantitative estimate of drug-likeness (QED) is 0.269. The number of hydrogen-bond acceptors (Lipinski definition) is 8. The van der Waals surface area contributed by atoms with Gasteiger partial charge in [0.25, 0.3) is 0 Å². The molecule has 0 saturated carbocycles. The summed E-state index contributed by atoms with van der Waals surface area (Å²) < 4.78 is 11.9. The van der Waals surface area contributed by atoms with Gasteiger partial charge in [-0.2, -0.15) is 0 Å². The van der Waals surface area contributed by atoms with Crippen molar-refractivity contribution in [1.82, 2.24) is 5.32 Å². The molecule has 10 nitrogen and oxygen atoms in total. The first-order valence-electron chi connectivity index (χ1n) is 9.69. The second-order valence-corrected chi connectivity index (χ2v) is 7.83. The van der Waals surface area contributed by atoms with Crippen LogP contribution in [0.2, 0.25) is 0 Å². The van der Waals surface area contributed by atoms with Gasteiger partial charge in [0, 0.05) is 24.6 Å². The fourth-order valence-corrected chi connectivity index (χ4v) is 3.58. The molecule has 0 aliphatic carbocycles. The molecule has 2 atom stereocenters. The van der Waals surface area contributed by atoms with Crippen LogP contribution >= 0.6 is 15.9 Å². The lowest BCUT2D eigenvalue weighted by Crippen LogP contribution is -2.39. The molecule has 1 aliphatic heterocycles. The Morgan fingerprint density at radius 3 is 2.61 bits per heavy atom. The van der Waals surface area contributed by atoms with E-state index >= 15 is 0 Å². The van der Waals surface area contributed by atoms with E-state index in [1.54, 1.807) is 13.3 Å². The average molecular weight is 499 g/mol. The number of benzene rings is 1. The number of halogens is 1. The van der Waals surface area contributed by atoms with Crippen molar-refractivity contribution in [1.29, 1.82) is 0 Å². The zero-order chi connectivity index (χ0) is 23.0. The first kappa shape index (κ1) is 24.5. The Labute approximate surface area is 188 Å². The van der Waals surface area contributed by atoms with Crippen LogP contribution in [0.4, 0.5) is 0 Å². The molecule has 1 aromatic carbocycles. The van der Waals surface area contributed by atoms with E-state index in [1.165, 1.54) is 0 Å². The molecule has 1 aliphatic rings. The maximum absolute atomic E-state index is 11.3. The van der Waals surface area contributed by atoms with Gasteiger partial charge in [0.15, 0.2) is 6.29 Å². The van der Waals surface area contributed by atoms with Crippen LogP contribution in [-0.2, 0) is 16.0 Å². The number of carboxylic acid groups (broad SMARTS) is 2. The van der Waals surface area contributed by atoms with Crippen LogP contribution in [-0.4, -0.2) is 48.0 Å². The molecular weight excluding hydrogens is 472 g/mol. The third-order valence-electron chi connectivity index (χ3n) is 4.73.